The summed E-state index contributed by atoms with van der Waals surface area (Å²) < 4.78 is 22.8. The van der Waals surface area contributed by atoms with Gasteiger partial charge in [0.15, 0.2) is 18.3 Å². The molecule has 164 valence electrons. The maximum atomic E-state index is 12.1. The van der Waals surface area contributed by atoms with E-state index in [1.807, 2.05) is 12.1 Å². The number of aliphatic hydroxyl groups excluding tert-OH is 1. The van der Waals surface area contributed by atoms with Crippen molar-refractivity contribution in [3.63, 3.8) is 0 Å². The molecule has 1 aromatic carbocycles. The number of likely N-dealkylation sites (tertiary alicyclic amines) is 1. The lowest BCUT2D eigenvalue weighted by Gasteiger charge is -2.63. The smallest absolute Gasteiger partial charge is 0.189 e. The Morgan fingerprint density at radius 2 is 2.20 bits per heavy atom. The van der Waals surface area contributed by atoms with Gasteiger partial charge in [0.25, 0.3) is 0 Å². The number of benzene rings is 1. The molecule has 1 saturated heterocycles. The van der Waals surface area contributed by atoms with Crippen LogP contribution in [0.5, 0.6) is 11.5 Å². The van der Waals surface area contributed by atoms with Crippen LogP contribution in [0, 0.1) is 0 Å². The predicted octanol–water partition coefficient (Wildman–Crippen LogP) is 1.39. The molecule has 1 spiro atoms. The average molecular weight is 418 g/mol. The zero-order valence-electron chi connectivity index (χ0n) is 17.5. The summed E-state index contributed by atoms with van der Waals surface area (Å²) >= 11 is 0. The molecule has 30 heavy (non-hydrogen) atoms. The van der Waals surface area contributed by atoms with Crippen LogP contribution >= 0.6 is 0 Å². The molecule has 5 atom stereocenters. The summed E-state index contributed by atoms with van der Waals surface area (Å²) in [6, 6.07) is 4.00. The lowest BCUT2D eigenvalue weighted by molar-refractivity contribution is -0.206. The fourth-order valence-corrected chi connectivity index (χ4v) is 6.40. The van der Waals surface area contributed by atoms with Crippen molar-refractivity contribution in [3.05, 3.63) is 35.9 Å². The number of hydrogen-bond donors (Lipinski definition) is 2. The predicted molar refractivity (Wildman–Crippen MR) is 110 cm³/mol. The van der Waals surface area contributed by atoms with Gasteiger partial charge in [-0.1, -0.05) is 12.1 Å². The number of methoxy groups -OCH3 is 1. The maximum Gasteiger partial charge on any atom is 0.189 e. The van der Waals surface area contributed by atoms with Gasteiger partial charge in [0.2, 0.25) is 0 Å². The summed E-state index contributed by atoms with van der Waals surface area (Å²) in [6.45, 7) is 6.54. The molecule has 2 fully saturated rings. The Hall–Kier alpha value is -1.64. The zero-order valence-corrected chi connectivity index (χ0v) is 17.5. The normalized spacial score (nSPS) is 36.2. The van der Waals surface area contributed by atoms with Crippen molar-refractivity contribution in [2.45, 2.75) is 54.9 Å². The molecule has 2 bridgehead atoms. The summed E-state index contributed by atoms with van der Waals surface area (Å²) in [5.74, 6) is 1.28. The molecule has 1 saturated carbocycles. The van der Waals surface area contributed by atoms with E-state index in [2.05, 4.69) is 17.5 Å². The second kappa shape index (κ2) is 7.50. The highest BCUT2D eigenvalue weighted by Gasteiger charge is 2.72. The van der Waals surface area contributed by atoms with Crippen LogP contribution in [0.4, 0.5) is 0 Å². The highest BCUT2D eigenvalue weighted by atomic mass is 16.7. The number of nitrogens with zero attached hydrogens (tertiary/aromatic N) is 1. The number of piperidine rings is 1. The van der Waals surface area contributed by atoms with Crippen LogP contribution in [-0.2, 0) is 21.3 Å². The van der Waals surface area contributed by atoms with Crippen LogP contribution in [0.3, 0.4) is 0 Å². The van der Waals surface area contributed by atoms with E-state index in [1.165, 1.54) is 5.56 Å². The monoisotopic (exact) mass is 417 g/mol. The van der Waals surface area contributed by atoms with Gasteiger partial charge in [-0.25, -0.2) is 0 Å². The largest absolute Gasteiger partial charge is 0.482 e. The first-order valence-electron chi connectivity index (χ1n) is 10.8. The lowest BCUT2D eigenvalue weighted by atomic mass is 9.48. The van der Waals surface area contributed by atoms with Crippen molar-refractivity contribution in [1.29, 1.82) is 0 Å². The number of hydrogen-bond acceptors (Lipinski definition) is 7. The Balaban J connectivity index is 1.54. The average Bonchev–Trinajstić information content (AvgIpc) is 3.09. The molecular weight excluding hydrogens is 386 g/mol. The molecule has 5 rings (SSSR count). The Labute approximate surface area is 177 Å². The molecule has 7 nitrogen and oxygen atoms in total. The minimum Gasteiger partial charge on any atom is -0.482 e. The van der Waals surface area contributed by atoms with Crippen LogP contribution in [0.25, 0.3) is 0 Å². The highest BCUT2D eigenvalue weighted by molar-refractivity contribution is 5.63. The van der Waals surface area contributed by atoms with Crippen molar-refractivity contribution >= 4 is 0 Å². The van der Waals surface area contributed by atoms with E-state index >= 15 is 0 Å². The molecule has 1 aromatic rings. The minimum absolute atomic E-state index is 0.00885. The summed E-state index contributed by atoms with van der Waals surface area (Å²) in [4.78, 5) is 2.34. The zero-order chi connectivity index (χ0) is 20.9. The van der Waals surface area contributed by atoms with Gasteiger partial charge in [0, 0.05) is 25.3 Å². The fraction of sp³-hybridized carbons (Fsp3) is 0.652. The number of ether oxygens (including phenoxy) is 4. The van der Waals surface area contributed by atoms with Crippen LogP contribution < -0.4 is 9.47 Å². The van der Waals surface area contributed by atoms with Gasteiger partial charge in [-0.05, 0) is 43.9 Å². The van der Waals surface area contributed by atoms with E-state index in [1.54, 1.807) is 7.11 Å². The summed E-state index contributed by atoms with van der Waals surface area (Å²) in [5, 5.41) is 23.0. The maximum absolute atomic E-state index is 12.1. The molecule has 4 aliphatic rings. The Bertz CT molecular complexity index is 830. The quantitative estimate of drug-likeness (QED) is 0.376. The lowest BCUT2D eigenvalue weighted by Crippen LogP contribution is -2.77. The third-order valence-corrected chi connectivity index (χ3v) is 7.62. The topological polar surface area (TPSA) is 80.6 Å². The van der Waals surface area contributed by atoms with Crippen molar-refractivity contribution < 1.29 is 29.2 Å². The number of rotatable bonds is 8. The Morgan fingerprint density at radius 3 is 3.00 bits per heavy atom. The highest BCUT2D eigenvalue weighted by Crippen LogP contribution is 2.65. The third-order valence-electron chi connectivity index (χ3n) is 7.62. The van der Waals surface area contributed by atoms with E-state index in [-0.39, 0.29) is 12.8 Å². The molecule has 0 aromatic heterocycles. The van der Waals surface area contributed by atoms with Gasteiger partial charge in [-0.2, -0.15) is 0 Å². The van der Waals surface area contributed by atoms with Crippen molar-refractivity contribution in [2.75, 3.05) is 40.2 Å². The van der Waals surface area contributed by atoms with E-state index < -0.39 is 23.2 Å². The Kier molecular flexibility index (Phi) is 5.07. The molecule has 7 heteroatoms. The van der Waals surface area contributed by atoms with E-state index in [9.17, 15) is 10.2 Å². The minimum atomic E-state index is -0.940. The van der Waals surface area contributed by atoms with Gasteiger partial charge < -0.3 is 29.2 Å². The van der Waals surface area contributed by atoms with Gasteiger partial charge in [0.1, 0.15) is 6.10 Å². The molecule has 2 aliphatic heterocycles. The SMILES string of the molecule is C=CCN1CC[C@]23c4c5ccc(OCOCCOC)c4OC2[C@@H](O)CC[C@@]3(O)C1C5. The molecule has 2 heterocycles. The van der Waals surface area contributed by atoms with Crippen LogP contribution in [0.2, 0.25) is 0 Å². The van der Waals surface area contributed by atoms with E-state index in [4.69, 9.17) is 18.9 Å². The fourth-order valence-electron chi connectivity index (χ4n) is 6.40. The summed E-state index contributed by atoms with van der Waals surface area (Å²) in [7, 11) is 1.63. The second-order valence-electron chi connectivity index (χ2n) is 8.88. The van der Waals surface area contributed by atoms with E-state index in [0.29, 0.717) is 37.6 Å². The van der Waals surface area contributed by atoms with Gasteiger partial charge in [0.05, 0.1) is 30.3 Å². The van der Waals surface area contributed by atoms with Crippen molar-refractivity contribution in [1.82, 2.24) is 4.90 Å². The van der Waals surface area contributed by atoms with Gasteiger partial charge in [-0.3, -0.25) is 4.90 Å². The van der Waals surface area contributed by atoms with Crippen LogP contribution in [0.15, 0.2) is 24.8 Å². The standard InChI is InChI=1S/C23H31NO6/c1-3-9-24-10-8-22-19-15-4-5-17(29-14-28-12-11-27-2)20(19)30-21(22)16(25)6-7-23(22,26)18(24)13-15/h3-5,16,18,21,25-26H,1,6-14H2,2H3/t16-,18?,21?,22-,23+/m0/s1. The summed E-state index contributed by atoms with van der Waals surface area (Å²) in [6.07, 6.45) is 3.42. The first-order chi connectivity index (χ1) is 14.6. The first-order valence-corrected chi connectivity index (χ1v) is 10.8. The molecule has 2 unspecified atom stereocenters. The third kappa shape index (κ3) is 2.63. The van der Waals surface area contributed by atoms with Crippen molar-refractivity contribution in [2.24, 2.45) is 0 Å². The summed E-state index contributed by atoms with van der Waals surface area (Å²) in [5.41, 5.74) is 0.672. The molecule has 0 amide bonds. The first kappa shape index (κ1) is 20.3. The molecule has 2 aliphatic carbocycles. The van der Waals surface area contributed by atoms with Gasteiger partial charge >= 0.3 is 0 Å². The molecule has 0 radical (unpaired) electrons. The van der Waals surface area contributed by atoms with Crippen LogP contribution in [-0.4, -0.2) is 79.2 Å². The number of aliphatic hydroxyl groups is 2. The molecule has 2 N–H and O–H groups in total. The van der Waals surface area contributed by atoms with Crippen molar-refractivity contribution in [3.8, 4) is 11.5 Å². The Morgan fingerprint density at radius 1 is 1.33 bits per heavy atom. The van der Waals surface area contributed by atoms with Gasteiger partial charge in [-0.15, -0.1) is 6.58 Å². The molecular formula is C23H31NO6. The van der Waals surface area contributed by atoms with Crippen LogP contribution in [0.1, 0.15) is 30.4 Å². The van der Waals surface area contributed by atoms with E-state index in [0.717, 1.165) is 31.5 Å². The second-order valence-corrected chi connectivity index (χ2v) is 8.88.